The van der Waals surface area contributed by atoms with Crippen molar-refractivity contribution < 1.29 is 12.8 Å². The lowest BCUT2D eigenvalue weighted by Crippen LogP contribution is -2.17. The monoisotopic (exact) mass is 398 g/mol. The summed E-state index contributed by atoms with van der Waals surface area (Å²) in [6.45, 7) is 2.61. The Balaban J connectivity index is 2.13. The number of fused-ring (bicyclic) bond motifs is 1. The molecule has 144 valence electrons. The van der Waals surface area contributed by atoms with Crippen molar-refractivity contribution in [2.24, 2.45) is 0 Å². The predicted octanol–water partition coefficient (Wildman–Crippen LogP) is 4.02. The highest BCUT2D eigenvalue weighted by Gasteiger charge is 2.33. The van der Waals surface area contributed by atoms with E-state index in [1.165, 1.54) is 0 Å². The smallest absolute Gasteiger partial charge is 0.200 e. The van der Waals surface area contributed by atoms with Crippen LogP contribution in [0.25, 0.3) is 11.0 Å². The second kappa shape index (κ2) is 8.31. The Hall–Kier alpha value is -3.05. The van der Waals surface area contributed by atoms with Gasteiger partial charge in [0, 0.05) is 6.54 Å². The molecule has 0 aliphatic carbocycles. The van der Waals surface area contributed by atoms with Gasteiger partial charge in [0.2, 0.25) is 9.84 Å². The maximum absolute atomic E-state index is 13.2. The number of halogens is 1. The molecule has 0 aliphatic heterocycles. The standard InChI is InChI=1S/C20H19FN4O2S/c1-2-3-12-23-20-19(24-16-6-4-5-7-17(16)25-20)18(13-22)28(26,27)15-10-8-14(21)9-11-15/h4-11,18H,2-3,12H2,1H3,(H,23,25)/t18-/m1/s1. The molecule has 0 saturated carbocycles. The molecule has 0 amide bonds. The van der Waals surface area contributed by atoms with E-state index in [1.54, 1.807) is 18.2 Å². The van der Waals surface area contributed by atoms with Crippen LogP contribution in [0.1, 0.15) is 30.7 Å². The van der Waals surface area contributed by atoms with Crippen LogP contribution in [0.3, 0.4) is 0 Å². The van der Waals surface area contributed by atoms with E-state index in [9.17, 15) is 18.1 Å². The highest BCUT2D eigenvalue weighted by molar-refractivity contribution is 7.92. The number of sulfone groups is 1. The van der Waals surface area contributed by atoms with Crippen LogP contribution in [-0.2, 0) is 9.84 Å². The number of hydrogen-bond donors (Lipinski definition) is 1. The van der Waals surface area contributed by atoms with Crippen LogP contribution in [0.2, 0.25) is 0 Å². The molecular weight excluding hydrogens is 379 g/mol. The summed E-state index contributed by atoms with van der Waals surface area (Å²) >= 11 is 0. The summed E-state index contributed by atoms with van der Waals surface area (Å²) in [6.07, 6.45) is 1.80. The van der Waals surface area contributed by atoms with Crippen molar-refractivity contribution in [1.29, 1.82) is 5.26 Å². The first-order chi connectivity index (χ1) is 13.5. The van der Waals surface area contributed by atoms with Crippen molar-refractivity contribution in [2.75, 3.05) is 11.9 Å². The minimum Gasteiger partial charge on any atom is -0.368 e. The van der Waals surface area contributed by atoms with Crippen LogP contribution in [0, 0.1) is 17.1 Å². The van der Waals surface area contributed by atoms with Crippen LogP contribution in [-0.4, -0.2) is 24.9 Å². The SMILES string of the molecule is CCCCNc1nc2ccccc2nc1[C@@H](C#N)S(=O)(=O)c1ccc(F)cc1. The number of unbranched alkanes of at least 4 members (excludes halogenated alkanes) is 1. The Labute approximate surface area is 163 Å². The van der Waals surface area contributed by atoms with Crippen LogP contribution in [0.4, 0.5) is 10.2 Å². The third-order valence-electron chi connectivity index (χ3n) is 4.24. The number of nitriles is 1. The summed E-state index contributed by atoms with van der Waals surface area (Å²) in [7, 11) is -4.11. The molecule has 0 aliphatic rings. The third-order valence-corrected chi connectivity index (χ3v) is 6.12. The minimum atomic E-state index is -4.11. The topological polar surface area (TPSA) is 95.7 Å². The summed E-state index contributed by atoms with van der Waals surface area (Å²) in [6, 6.07) is 13.3. The number of hydrogen-bond acceptors (Lipinski definition) is 6. The van der Waals surface area contributed by atoms with Crippen LogP contribution in [0.5, 0.6) is 0 Å². The van der Waals surface area contributed by atoms with Gasteiger partial charge in [0.05, 0.1) is 22.0 Å². The second-order valence-electron chi connectivity index (χ2n) is 6.23. The molecule has 3 rings (SSSR count). The number of anilines is 1. The molecule has 0 saturated heterocycles. The Kier molecular flexibility index (Phi) is 5.85. The number of benzene rings is 2. The van der Waals surface area contributed by atoms with E-state index in [1.807, 2.05) is 19.1 Å². The first kappa shape index (κ1) is 19.7. The molecule has 2 aromatic carbocycles. The number of aromatic nitrogens is 2. The van der Waals surface area contributed by atoms with E-state index in [0.29, 0.717) is 17.6 Å². The molecule has 1 aromatic heterocycles. The van der Waals surface area contributed by atoms with Crippen molar-refractivity contribution in [1.82, 2.24) is 9.97 Å². The molecule has 1 heterocycles. The molecule has 0 bridgehead atoms. The quantitative estimate of drug-likeness (QED) is 0.477. The first-order valence-electron chi connectivity index (χ1n) is 8.87. The molecule has 3 aromatic rings. The molecule has 28 heavy (non-hydrogen) atoms. The molecule has 1 atom stereocenters. The first-order valence-corrected chi connectivity index (χ1v) is 10.4. The van der Waals surface area contributed by atoms with Gasteiger partial charge in [-0.2, -0.15) is 5.26 Å². The lowest BCUT2D eigenvalue weighted by atomic mass is 10.2. The Morgan fingerprint density at radius 2 is 1.75 bits per heavy atom. The Morgan fingerprint density at radius 3 is 2.36 bits per heavy atom. The maximum atomic E-state index is 13.2. The highest BCUT2D eigenvalue weighted by Crippen LogP contribution is 2.32. The fourth-order valence-corrected chi connectivity index (χ4v) is 4.13. The van der Waals surface area contributed by atoms with E-state index in [-0.39, 0.29) is 16.4 Å². The molecule has 6 nitrogen and oxygen atoms in total. The van der Waals surface area contributed by atoms with E-state index < -0.39 is 20.9 Å². The average Bonchev–Trinajstić information content (AvgIpc) is 2.69. The average molecular weight is 398 g/mol. The van der Waals surface area contributed by atoms with Crippen molar-refractivity contribution in [2.45, 2.75) is 29.9 Å². The molecule has 1 N–H and O–H groups in total. The predicted molar refractivity (Wildman–Crippen MR) is 105 cm³/mol. The van der Waals surface area contributed by atoms with Gasteiger partial charge in [-0.15, -0.1) is 0 Å². The van der Waals surface area contributed by atoms with Gasteiger partial charge >= 0.3 is 0 Å². The van der Waals surface area contributed by atoms with E-state index in [4.69, 9.17) is 0 Å². The highest BCUT2D eigenvalue weighted by atomic mass is 32.2. The van der Waals surface area contributed by atoms with Gasteiger partial charge in [-0.1, -0.05) is 25.5 Å². The molecule has 0 radical (unpaired) electrons. The normalized spacial score (nSPS) is 12.5. The molecule has 0 spiro atoms. The Bertz CT molecular complexity index is 1130. The summed E-state index contributed by atoms with van der Waals surface area (Å²) in [4.78, 5) is 8.78. The van der Waals surface area contributed by atoms with Gasteiger partial charge < -0.3 is 5.32 Å². The van der Waals surface area contributed by atoms with E-state index in [2.05, 4.69) is 15.3 Å². The zero-order valence-corrected chi connectivity index (χ0v) is 16.1. The van der Waals surface area contributed by atoms with Crippen molar-refractivity contribution in [3.8, 4) is 6.07 Å². The fourth-order valence-electron chi connectivity index (χ4n) is 2.75. The number of para-hydroxylation sites is 2. The summed E-state index contributed by atoms with van der Waals surface area (Å²) in [5.41, 5.74) is 1.14. The lowest BCUT2D eigenvalue weighted by molar-refractivity contribution is 0.589. The zero-order chi connectivity index (χ0) is 20.1. The van der Waals surface area contributed by atoms with Crippen molar-refractivity contribution in [3.05, 3.63) is 60.0 Å². The largest absolute Gasteiger partial charge is 0.368 e. The van der Waals surface area contributed by atoms with E-state index >= 15 is 0 Å². The van der Waals surface area contributed by atoms with Gasteiger partial charge in [0.1, 0.15) is 11.5 Å². The molecule has 0 unspecified atom stereocenters. The van der Waals surface area contributed by atoms with Crippen molar-refractivity contribution >= 4 is 26.7 Å². The summed E-state index contributed by atoms with van der Waals surface area (Å²) < 4.78 is 39.3. The third kappa shape index (κ3) is 3.94. The van der Waals surface area contributed by atoms with Crippen LogP contribution >= 0.6 is 0 Å². The van der Waals surface area contributed by atoms with E-state index in [0.717, 1.165) is 37.1 Å². The van der Waals surface area contributed by atoms with Gasteiger partial charge in [-0.25, -0.2) is 22.8 Å². The number of nitrogens with one attached hydrogen (secondary N) is 1. The summed E-state index contributed by atoms with van der Waals surface area (Å²) in [5.74, 6) is -0.288. The minimum absolute atomic E-state index is 0.0432. The number of rotatable bonds is 7. The van der Waals surface area contributed by atoms with Gasteiger partial charge in [-0.3, -0.25) is 0 Å². The van der Waals surface area contributed by atoms with Gasteiger partial charge in [0.25, 0.3) is 0 Å². The fraction of sp³-hybridized carbons (Fsp3) is 0.250. The summed E-state index contributed by atoms with van der Waals surface area (Å²) in [5, 5.41) is 11.2. The van der Waals surface area contributed by atoms with Gasteiger partial charge in [0.15, 0.2) is 11.1 Å². The van der Waals surface area contributed by atoms with Crippen LogP contribution < -0.4 is 5.32 Å². The Morgan fingerprint density at radius 1 is 1.11 bits per heavy atom. The number of nitrogens with zero attached hydrogens (tertiary/aromatic N) is 3. The maximum Gasteiger partial charge on any atom is 0.200 e. The molecular formula is C20H19FN4O2S. The van der Waals surface area contributed by atoms with Gasteiger partial charge in [-0.05, 0) is 42.8 Å². The molecule has 8 heteroatoms. The zero-order valence-electron chi connectivity index (χ0n) is 15.3. The second-order valence-corrected chi connectivity index (χ2v) is 8.27. The molecule has 0 fully saturated rings. The van der Waals surface area contributed by atoms with Crippen LogP contribution in [0.15, 0.2) is 53.4 Å². The lowest BCUT2D eigenvalue weighted by Gasteiger charge is -2.16. The van der Waals surface area contributed by atoms with Crippen molar-refractivity contribution in [3.63, 3.8) is 0 Å².